The minimum absolute atomic E-state index is 0.0183. The highest BCUT2D eigenvalue weighted by atomic mass is 32.2. The van der Waals surface area contributed by atoms with Crippen molar-refractivity contribution in [2.24, 2.45) is 0 Å². The highest BCUT2D eigenvalue weighted by Gasteiger charge is 2.35. The molecule has 11 heteroatoms. The van der Waals surface area contributed by atoms with Gasteiger partial charge in [-0.25, -0.2) is 0 Å². The van der Waals surface area contributed by atoms with Crippen molar-refractivity contribution in [3.63, 3.8) is 0 Å². The predicted octanol–water partition coefficient (Wildman–Crippen LogP) is 5.94. The Kier molecular flexibility index (Phi) is 8.05. The molecule has 2 amide bonds. The van der Waals surface area contributed by atoms with Crippen LogP contribution in [0.3, 0.4) is 0 Å². The van der Waals surface area contributed by atoms with Crippen LogP contribution in [-0.4, -0.2) is 39.7 Å². The second-order valence-corrected chi connectivity index (χ2v) is 9.55. The molecular weight excluding hydrogens is 521 g/mol. The summed E-state index contributed by atoms with van der Waals surface area (Å²) < 4.78 is 56.5. The van der Waals surface area contributed by atoms with Gasteiger partial charge in [-0.3, -0.25) is 9.59 Å². The summed E-state index contributed by atoms with van der Waals surface area (Å²) in [6.07, 6.45) is -4.62. The largest absolute Gasteiger partial charge is 0.493 e. The maximum atomic E-state index is 13.5. The van der Waals surface area contributed by atoms with E-state index in [4.69, 9.17) is 14.2 Å². The zero-order valence-electron chi connectivity index (χ0n) is 20.8. The first-order chi connectivity index (χ1) is 18.2. The smallest absolute Gasteiger partial charge is 0.418 e. The molecule has 3 aromatic carbocycles. The number of thioether (sulfide) groups is 1. The number of hydrogen-bond donors (Lipinski definition) is 1. The molecular formula is C27H25F3N2O5S. The number of ether oxygens (including phenoxy) is 3. The molecule has 1 atom stereocenters. The number of carbonyl (C=O) groups is 2. The van der Waals surface area contributed by atoms with E-state index in [0.29, 0.717) is 22.9 Å². The van der Waals surface area contributed by atoms with Crippen LogP contribution in [0.25, 0.3) is 0 Å². The molecule has 0 radical (unpaired) electrons. The minimum atomic E-state index is -4.64. The van der Waals surface area contributed by atoms with Crippen molar-refractivity contribution < 1.29 is 37.0 Å². The standard InChI is InChI=1S/C27H25F3N2O5S/c1-35-20-12-16(13-21(36-2)26(20)37-3)23-14-25(34)32(19-10-6-7-11-22(19)38-23)15-24(33)31-18-9-5-4-8-17(18)27(28,29)30/h4-13,23H,14-15H2,1-3H3,(H,31,33)/t23-/m0/s1. The number of halogens is 3. The van der Waals surface area contributed by atoms with Crippen molar-refractivity contribution in [1.82, 2.24) is 0 Å². The number of methoxy groups -OCH3 is 3. The Morgan fingerprint density at radius 3 is 2.26 bits per heavy atom. The topological polar surface area (TPSA) is 77.1 Å². The number of para-hydroxylation sites is 2. The number of rotatable bonds is 7. The summed E-state index contributed by atoms with van der Waals surface area (Å²) >= 11 is 1.43. The summed E-state index contributed by atoms with van der Waals surface area (Å²) in [5, 5.41) is 1.95. The SMILES string of the molecule is COc1cc([C@@H]2CC(=O)N(CC(=O)Nc3ccccc3C(F)(F)F)c3ccccc3S2)cc(OC)c1OC. The maximum absolute atomic E-state index is 13.5. The number of anilines is 2. The number of nitrogens with zero attached hydrogens (tertiary/aromatic N) is 1. The van der Waals surface area contributed by atoms with Crippen LogP contribution >= 0.6 is 11.8 Å². The summed E-state index contributed by atoms with van der Waals surface area (Å²) in [4.78, 5) is 28.4. The predicted molar refractivity (Wildman–Crippen MR) is 138 cm³/mol. The molecule has 7 nitrogen and oxygen atoms in total. The van der Waals surface area contributed by atoms with E-state index in [1.165, 1.54) is 56.2 Å². The summed E-state index contributed by atoms with van der Waals surface area (Å²) in [7, 11) is 4.49. The first-order valence-electron chi connectivity index (χ1n) is 11.5. The van der Waals surface area contributed by atoms with Gasteiger partial charge in [-0.2, -0.15) is 13.2 Å². The van der Waals surface area contributed by atoms with Crippen LogP contribution in [0.2, 0.25) is 0 Å². The van der Waals surface area contributed by atoms with Gasteiger partial charge in [0.2, 0.25) is 17.6 Å². The maximum Gasteiger partial charge on any atom is 0.418 e. The number of hydrogen-bond acceptors (Lipinski definition) is 6. The Morgan fingerprint density at radius 2 is 1.63 bits per heavy atom. The van der Waals surface area contributed by atoms with Crippen molar-refractivity contribution in [2.45, 2.75) is 22.7 Å². The fourth-order valence-corrected chi connectivity index (χ4v) is 5.46. The lowest BCUT2D eigenvalue weighted by atomic mass is 10.1. The van der Waals surface area contributed by atoms with Gasteiger partial charge in [-0.1, -0.05) is 24.3 Å². The Hall–Kier alpha value is -3.86. The minimum Gasteiger partial charge on any atom is -0.493 e. The van der Waals surface area contributed by atoms with Gasteiger partial charge in [0.05, 0.1) is 38.3 Å². The highest BCUT2D eigenvalue weighted by Crippen LogP contribution is 2.49. The molecule has 1 heterocycles. The van der Waals surface area contributed by atoms with E-state index in [2.05, 4.69) is 5.32 Å². The third kappa shape index (κ3) is 5.67. The molecule has 38 heavy (non-hydrogen) atoms. The normalized spacial score (nSPS) is 15.4. The lowest BCUT2D eigenvalue weighted by Crippen LogP contribution is -2.38. The summed E-state index contributed by atoms with van der Waals surface area (Å²) in [5.74, 6) is 0.182. The number of amides is 2. The molecule has 0 bridgehead atoms. The zero-order valence-corrected chi connectivity index (χ0v) is 21.6. The summed E-state index contributed by atoms with van der Waals surface area (Å²) in [5.41, 5.74) is -0.0889. The Balaban J connectivity index is 1.64. The molecule has 0 unspecified atom stereocenters. The number of benzene rings is 3. The molecule has 1 aliphatic rings. The molecule has 0 spiro atoms. The molecule has 3 aromatic rings. The van der Waals surface area contributed by atoms with Crippen LogP contribution in [0.1, 0.15) is 22.8 Å². The Labute approximate surface area is 221 Å². The average molecular weight is 547 g/mol. The van der Waals surface area contributed by atoms with Crippen LogP contribution in [0.15, 0.2) is 65.6 Å². The van der Waals surface area contributed by atoms with Crippen molar-refractivity contribution in [1.29, 1.82) is 0 Å². The lowest BCUT2D eigenvalue weighted by Gasteiger charge is -2.22. The van der Waals surface area contributed by atoms with Gasteiger partial charge in [-0.15, -0.1) is 11.8 Å². The second kappa shape index (κ2) is 11.3. The summed E-state index contributed by atoms with van der Waals surface area (Å²) in [6, 6.07) is 15.3. The fourth-order valence-electron chi connectivity index (χ4n) is 4.20. The quantitative estimate of drug-likeness (QED) is 0.395. The van der Waals surface area contributed by atoms with Gasteiger partial charge in [-0.05, 0) is 42.0 Å². The number of fused-ring (bicyclic) bond motifs is 1. The van der Waals surface area contributed by atoms with Gasteiger partial charge in [0.1, 0.15) is 6.54 Å². The van der Waals surface area contributed by atoms with Gasteiger partial charge in [0, 0.05) is 16.6 Å². The number of carbonyl (C=O) groups excluding carboxylic acids is 2. The second-order valence-electron chi connectivity index (χ2n) is 8.31. The first-order valence-corrected chi connectivity index (χ1v) is 12.4. The molecule has 4 rings (SSSR count). The summed E-state index contributed by atoms with van der Waals surface area (Å²) in [6.45, 7) is -0.454. The third-order valence-corrected chi connectivity index (χ3v) is 7.28. The zero-order chi connectivity index (χ0) is 27.4. The molecule has 0 saturated heterocycles. The van der Waals surface area contributed by atoms with E-state index in [-0.39, 0.29) is 23.3 Å². The monoisotopic (exact) mass is 546 g/mol. The van der Waals surface area contributed by atoms with Gasteiger partial charge in [0.25, 0.3) is 0 Å². The molecule has 0 aromatic heterocycles. The Bertz CT molecular complexity index is 1320. The third-order valence-electron chi connectivity index (χ3n) is 5.95. The van der Waals surface area contributed by atoms with Crippen molar-refractivity contribution >= 4 is 35.0 Å². The highest BCUT2D eigenvalue weighted by molar-refractivity contribution is 7.99. The van der Waals surface area contributed by atoms with E-state index in [1.54, 1.807) is 24.3 Å². The van der Waals surface area contributed by atoms with E-state index in [1.807, 2.05) is 12.1 Å². The van der Waals surface area contributed by atoms with E-state index >= 15 is 0 Å². The molecule has 0 aliphatic carbocycles. The molecule has 1 aliphatic heterocycles. The average Bonchev–Trinajstić information content (AvgIpc) is 3.03. The van der Waals surface area contributed by atoms with Crippen molar-refractivity contribution in [3.8, 4) is 17.2 Å². The van der Waals surface area contributed by atoms with E-state index < -0.39 is 24.2 Å². The van der Waals surface area contributed by atoms with Gasteiger partial charge in [0.15, 0.2) is 11.5 Å². The Morgan fingerprint density at radius 1 is 1.00 bits per heavy atom. The fraction of sp³-hybridized carbons (Fsp3) is 0.259. The van der Waals surface area contributed by atoms with Crippen LogP contribution in [-0.2, 0) is 15.8 Å². The van der Waals surface area contributed by atoms with Gasteiger partial charge < -0.3 is 24.4 Å². The number of alkyl halides is 3. The van der Waals surface area contributed by atoms with Crippen molar-refractivity contribution in [2.75, 3.05) is 38.1 Å². The van der Waals surface area contributed by atoms with Crippen LogP contribution in [0.4, 0.5) is 24.5 Å². The molecule has 1 N–H and O–H groups in total. The first kappa shape index (κ1) is 27.2. The number of nitrogens with one attached hydrogen (secondary N) is 1. The lowest BCUT2D eigenvalue weighted by molar-refractivity contribution is -0.137. The van der Waals surface area contributed by atoms with Crippen LogP contribution < -0.4 is 24.4 Å². The van der Waals surface area contributed by atoms with Crippen LogP contribution in [0, 0.1) is 0 Å². The molecule has 0 saturated carbocycles. The van der Waals surface area contributed by atoms with E-state index in [0.717, 1.165) is 16.5 Å². The molecule has 0 fully saturated rings. The van der Waals surface area contributed by atoms with E-state index in [9.17, 15) is 22.8 Å². The van der Waals surface area contributed by atoms with Crippen molar-refractivity contribution in [3.05, 3.63) is 71.8 Å². The van der Waals surface area contributed by atoms with Gasteiger partial charge >= 0.3 is 6.18 Å². The van der Waals surface area contributed by atoms with Crippen LogP contribution in [0.5, 0.6) is 17.2 Å². The molecule has 200 valence electrons.